The molecule has 3 aromatic carbocycles. The van der Waals surface area contributed by atoms with E-state index in [0.717, 1.165) is 40.8 Å². The lowest BCUT2D eigenvalue weighted by Crippen LogP contribution is -2.62. The highest BCUT2D eigenvalue weighted by Gasteiger charge is 2.81. The van der Waals surface area contributed by atoms with Crippen LogP contribution < -0.4 is 10.6 Å². The van der Waals surface area contributed by atoms with Crippen molar-refractivity contribution in [2.75, 3.05) is 17.2 Å². The number of hydrogen-bond donors (Lipinski definition) is 2. The SMILES string of the molecule is Cc1cc(C)c2c(c1)[C@]1(C(=O)N2)N2CCC[C@@H]2[C@@H](C(=O)c2ccccc2)[C@]12C(=O)Nc1ccccc12. The standard InChI is InChI=1S/C30H27N3O3/c1-17-15-18(2)25-21(16-17)30(28(36)32-25)29(20-11-6-7-12-22(20)31-27(29)35)24(23-13-8-14-33(23)30)26(34)19-9-4-3-5-10-19/h3-7,9-12,15-16,23-24H,8,13-14H2,1-2H3,(H,31,35)(H,32,36)/t23-,24+,29-,30-/m1/s1. The zero-order valence-electron chi connectivity index (χ0n) is 20.3. The van der Waals surface area contributed by atoms with Gasteiger partial charge in [0.25, 0.3) is 5.91 Å². The zero-order chi connectivity index (χ0) is 24.8. The van der Waals surface area contributed by atoms with Gasteiger partial charge in [-0.15, -0.1) is 0 Å². The summed E-state index contributed by atoms with van der Waals surface area (Å²) < 4.78 is 0. The zero-order valence-corrected chi connectivity index (χ0v) is 20.3. The maximum atomic E-state index is 14.5. The van der Waals surface area contributed by atoms with Crippen molar-refractivity contribution in [2.24, 2.45) is 5.92 Å². The van der Waals surface area contributed by atoms with Gasteiger partial charge in [-0.1, -0.05) is 66.2 Å². The van der Waals surface area contributed by atoms with E-state index in [2.05, 4.69) is 21.6 Å². The van der Waals surface area contributed by atoms with Crippen LogP contribution in [0.5, 0.6) is 0 Å². The number of nitrogens with zero attached hydrogens (tertiary/aromatic N) is 1. The maximum absolute atomic E-state index is 14.5. The van der Waals surface area contributed by atoms with Crippen LogP contribution in [0, 0.1) is 19.8 Å². The fraction of sp³-hybridized carbons (Fsp3) is 0.300. The number of hydrogen-bond acceptors (Lipinski definition) is 4. The van der Waals surface area contributed by atoms with Crippen molar-refractivity contribution >= 4 is 29.0 Å². The highest BCUT2D eigenvalue weighted by molar-refractivity contribution is 6.21. The number of rotatable bonds is 2. The lowest BCUT2D eigenvalue weighted by molar-refractivity contribution is -0.137. The first-order valence-corrected chi connectivity index (χ1v) is 12.6. The van der Waals surface area contributed by atoms with Gasteiger partial charge in [-0.05, 0) is 50.4 Å². The van der Waals surface area contributed by atoms with E-state index in [0.29, 0.717) is 17.8 Å². The number of aryl methyl sites for hydroxylation is 2. The number of fused-ring (bicyclic) bond motifs is 7. The quantitative estimate of drug-likeness (QED) is 0.539. The molecule has 0 unspecified atom stereocenters. The molecule has 4 atom stereocenters. The van der Waals surface area contributed by atoms with Gasteiger partial charge in [-0.3, -0.25) is 19.3 Å². The Kier molecular flexibility index (Phi) is 4.26. The predicted molar refractivity (Wildman–Crippen MR) is 137 cm³/mol. The molecule has 2 saturated heterocycles. The number of para-hydroxylation sites is 1. The third-order valence-corrected chi connectivity index (χ3v) is 8.89. The molecule has 2 amide bonds. The number of carbonyl (C=O) groups excluding carboxylic acids is 3. The molecule has 36 heavy (non-hydrogen) atoms. The first-order valence-electron chi connectivity index (χ1n) is 12.6. The molecule has 0 aromatic heterocycles. The van der Waals surface area contributed by atoms with Crippen molar-refractivity contribution in [2.45, 2.75) is 43.7 Å². The third-order valence-electron chi connectivity index (χ3n) is 8.89. The highest BCUT2D eigenvalue weighted by atomic mass is 16.2. The number of ketones is 1. The van der Waals surface area contributed by atoms with Gasteiger partial charge >= 0.3 is 0 Å². The molecule has 3 aromatic rings. The Labute approximate surface area is 209 Å². The van der Waals surface area contributed by atoms with E-state index in [1.54, 1.807) is 0 Å². The first kappa shape index (κ1) is 21.5. The van der Waals surface area contributed by atoms with Gasteiger partial charge in [-0.25, -0.2) is 0 Å². The lowest BCUT2D eigenvalue weighted by atomic mass is 9.57. The minimum absolute atomic E-state index is 0.0816. The molecule has 2 N–H and O–H groups in total. The largest absolute Gasteiger partial charge is 0.325 e. The molecule has 4 aliphatic heterocycles. The number of nitrogens with one attached hydrogen (secondary N) is 2. The molecule has 180 valence electrons. The Balaban J connectivity index is 1.62. The van der Waals surface area contributed by atoms with Gasteiger partial charge < -0.3 is 10.6 Å². The van der Waals surface area contributed by atoms with Crippen LogP contribution >= 0.6 is 0 Å². The Hall–Kier alpha value is -3.77. The molecule has 4 heterocycles. The number of carbonyl (C=O) groups is 3. The second kappa shape index (κ2) is 7.14. The molecule has 0 saturated carbocycles. The van der Waals surface area contributed by atoms with Crippen LogP contribution in [-0.4, -0.2) is 35.1 Å². The van der Waals surface area contributed by atoms with Gasteiger partial charge in [0.1, 0.15) is 11.0 Å². The van der Waals surface area contributed by atoms with Crippen molar-refractivity contribution < 1.29 is 14.4 Å². The minimum atomic E-state index is -1.39. The molecule has 6 nitrogen and oxygen atoms in total. The van der Waals surface area contributed by atoms with E-state index in [1.807, 2.05) is 74.5 Å². The van der Waals surface area contributed by atoms with Crippen molar-refractivity contribution in [3.8, 4) is 0 Å². The average molecular weight is 478 g/mol. The molecule has 6 heteroatoms. The predicted octanol–water partition coefficient (Wildman–Crippen LogP) is 4.32. The second-order valence-corrected chi connectivity index (χ2v) is 10.6. The summed E-state index contributed by atoms with van der Waals surface area (Å²) in [6.07, 6.45) is 1.63. The summed E-state index contributed by atoms with van der Waals surface area (Å²) in [7, 11) is 0. The monoisotopic (exact) mass is 477 g/mol. The smallest absolute Gasteiger partial charge is 0.251 e. The number of anilines is 2. The number of Topliss-reactive ketones (excluding diaryl/α,β-unsaturated/α-hetero) is 1. The van der Waals surface area contributed by atoms with Crippen LogP contribution in [0.15, 0.2) is 66.7 Å². The Bertz CT molecular complexity index is 1480. The van der Waals surface area contributed by atoms with Crippen molar-refractivity contribution in [3.05, 3.63) is 94.5 Å². The molecule has 7 rings (SSSR count). The molecule has 0 radical (unpaired) electrons. The summed E-state index contributed by atoms with van der Waals surface area (Å²) in [6, 6.07) is 20.7. The summed E-state index contributed by atoms with van der Waals surface area (Å²) in [6.45, 7) is 4.66. The van der Waals surface area contributed by atoms with Gasteiger partial charge in [0.15, 0.2) is 5.78 Å². The Morgan fingerprint density at radius 1 is 0.917 bits per heavy atom. The second-order valence-electron chi connectivity index (χ2n) is 10.6. The fourth-order valence-electron chi connectivity index (χ4n) is 7.82. The Morgan fingerprint density at radius 3 is 2.47 bits per heavy atom. The third kappa shape index (κ3) is 2.29. The van der Waals surface area contributed by atoms with Crippen molar-refractivity contribution in [3.63, 3.8) is 0 Å². The topological polar surface area (TPSA) is 78.5 Å². The average Bonchev–Trinajstić information content (AvgIpc) is 3.59. The summed E-state index contributed by atoms with van der Waals surface area (Å²) in [4.78, 5) is 45.5. The molecule has 0 aliphatic carbocycles. The van der Waals surface area contributed by atoms with Crippen LogP contribution in [0.2, 0.25) is 0 Å². The normalized spacial score (nSPS) is 29.8. The summed E-state index contributed by atoms with van der Waals surface area (Å²) in [5, 5.41) is 6.26. The Morgan fingerprint density at radius 2 is 1.67 bits per heavy atom. The molecule has 4 aliphatic rings. The molecule has 0 bridgehead atoms. The summed E-state index contributed by atoms with van der Waals surface area (Å²) in [5.74, 6) is -1.27. The highest BCUT2D eigenvalue weighted by Crippen LogP contribution is 2.68. The van der Waals surface area contributed by atoms with Gasteiger partial charge in [0.05, 0.1) is 5.92 Å². The molecular weight excluding hydrogens is 450 g/mol. The lowest BCUT2D eigenvalue weighted by Gasteiger charge is -2.43. The van der Waals surface area contributed by atoms with Gasteiger partial charge in [0, 0.05) is 28.5 Å². The van der Waals surface area contributed by atoms with Crippen LogP contribution in [0.3, 0.4) is 0 Å². The van der Waals surface area contributed by atoms with E-state index in [1.165, 1.54) is 0 Å². The minimum Gasteiger partial charge on any atom is -0.325 e. The van der Waals surface area contributed by atoms with E-state index in [9.17, 15) is 14.4 Å². The van der Waals surface area contributed by atoms with Crippen LogP contribution in [0.25, 0.3) is 0 Å². The van der Waals surface area contributed by atoms with Gasteiger partial charge in [-0.2, -0.15) is 0 Å². The van der Waals surface area contributed by atoms with Gasteiger partial charge in [0.2, 0.25) is 5.91 Å². The van der Waals surface area contributed by atoms with Crippen LogP contribution in [-0.2, 0) is 20.5 Å². The molecule has 2 fully saturated rings. The number of amides is 2. The fourth-order valence-corrected chi connectivity index (χ4v) is 7.82. The molecule has 2 spiro atoms. The van der Waals surface area contributed by atoms with Crippen molar-refractivity contribution in [1.82, 2.24) is 4.90 Å². The summed E-state index contributed by atoms with van der Waals surface area (Å²) in [5.41, 5.74) is 2.85. The van der Waals surface area contributed by atoms with E-state index < -0.39 is 16.9 Å². The number of benzene rings is 3. The van der Waals surface area contributed by atoms with Crippen LogP contribution in [0.1, 0.15) is 45.5 Å². The van der Waals surface area contributed by atoms with E-state index >= 15 is 0 Å². The maximum Gasteiger partial charge on any atom is 0.251 e. The van der Waals surface area contributed by atoms with Crippen LogP contribution in [0.4, 0.5) is 11.4 Å². The summed E-state index contributed by atoms with van der Waals surface area (Å²) >= 11 is 0. The van der Waals surface area contributed by atoms with E-state index in [-0.39, 0.29) is 23.6 Å². The van der Waals surface area contributed by atoms with Crippen molar-refractivity contribution in [1.29, 1.82) is 0 Å². The van der Waals surface area contributed by atoms with E-state index in [4.69, 9.17) is 0 Å². The molecular formula is C30H27N3O3. The first-order chi connectivity index (χ1) is 17.4.